The van der Waals surface area contributed by atoms with Crippen molar-refractivity contribution in [2.24, 2.45) is 0 Å². The molecule has 0 saturated heterocycles. The van der Waals surface area contributed by atoms with Crippen LogP contribution in [0.4, 0.5) is 5.82 Å². The Morgan fingerprint density at radius 3 is 2.47 bits per heavy atom. The van der Waals surface area contributed by atoms with Gasteiger partial charge in [-0.15, -0.1) is 0 Å². The second-order valence-corrected chi connectivity index (χ2v) is 5.04. The van der Waals surface area contributed by atoms with Crippen molar-refractivity contribution >= 4 is 11.8 Å². The smallest absolute Gasteiger partial charge is 0.358 e. The van der Waals surface area contributed by atoms with Crippen molar-refractivity contribution in [3.63, 3.8) is 0 Å². The number of nitrogen functional groups attached to an aromatic ring is 1. The first kappa shape index (κ1) is 13.5. The van der Waals surface area contributed by atoms with E-state index in [0.717, 1.165) is 18.4 Å². The number of carbonyl (C=O) groups is 1. The van der Waals surface area contributed by atoms with Gasteiger partial charge in [-0.2, -0.15) is 5.10 Å². The highest BCUT2D eigenvalue weighted by Gasteiger charge is 2.26. The monoisotopic (exact) mass is 239 g/mol. The van der Waals surface area contributed by atoms with Crippen molar-refractivity contribution in [2.75, 3.05) is 12.8 Å². The van der Waals surface area contributed by atoms with Crippen molar-refractivity contribution in [1.82, 2.24) is 9.78 Å². The zero-order valence-electron chi connectivity index (χ0n) is 11.2. The number of esters is 1. The van der Waals surface area contributed by atoms with E-state index in [9.17, 15) is 4.79 Å². The summed E-state index contributed by atoms with van der Waals surface area (Å²) in [6, 6.07) is 0. The molecular formula is C12H21N3O2. The van der Waals surface area contributed by atoms with Gasteiger partial charge in [0.2, 0.25) is 0 Å². The van der Waals surface area contributed by atoms with E-state index in [1.807, 2.05) is 27.7 Å². The van der Waals surface area contributed by atoms with Gasteiger partial charge in [0.05, 0.1) is 12.6 Å². The molecule has 0 bridgehead atoms. The van der Waals surface area contributed by atoms with Crippen LogP contribution in [0.15, 0.2) is 0 Å². The normalized spacial score (nSPS) is 11.6. The maximum absolute atomic E-state index is 11.6. The number of nitrogens with zero attached hydrogens (tertiary/aromatic N) is 2. The van der Waals surface area contributed by atoms with Crippen molar-refractivity contribution in [3.8, 4) is 0 Å². The summed E-state index contributed by atoms with van der Waals surface area (Å²) in [6.07, 6.45) is 1.64. The third-order valence-electron chi connectivity index (χ3n) is 2.54. The number of anilines is 1. The van der Waals surface area contributed by atoms with Crippen LogP contribution in [0.1, 0.15) is 50.2 Å². The highest BCUT2D eigenvalue weighted by molar-refractivity contribution is 5.90. The average molecular weight is 239 g/mol. The van der Waals surface area contributed by atoms with Crippen LogP contribution < -0.4 is 5.73 Å². The standard InChI is InChI=1S/C12H21N3O2/c1-6-7-8-9(11(16)17-5)14-15(10(8)13)12(2,3)4/h6-7,13H2,1-5H3. The first-order chi connectivity index (χ1) is 7.82. The molecule has 0 spiro atoms. The van der Waals surface area contributed by atoms with Crippen LogP contribution in [0.2, 0.25) is 0 Å². The van der Waals surface area contributed by atoms with Crippen LogP contribution >= 0.6 is 0 Å². The minimum Gasteiger partial charge on any atom is -0.464 e. The molecule has 0 aliphatic heterocycles. The van der Waals surface area contributed by atoms with E-state index >= 15 is 0 Å². The van der Waals surface area contributed by atoms with Crippen molar-refractivity contribution < 1.29 is 9.53 Å². The molecule has 0 amide bonds. The number of hydrogen-bond donors (Lipinski definition) is 1. The van der Waals surface area contributed by atoms with Gasteiger partial charge in [-0.05, 0) is 27.2 Å². The molecule has 0 radical (unpaired) electrons. The van der Waals surface area contributed by atoms with Gasteiger partial charge in [-0.25, -0.2) is 9.48 Å². The summed E-state index contributed by atoms with van der Waals surface area (Å²) in [5, 5.41) is 4.29. The quantitative estimate of drug-likeness (QED) is 0.818. The van der Waals surface area contributed by atoms with E-state index in [0.29, 0.717) is 11.5 Å². The lowest BCUT2D eigenvalue weighted by molar-refractivity contribution is 0.0591. The van der Waals surface area contributed by atoms with Crippen molar-refractivity contribution in [1.29, 1.82) is 0 Å². The number of hydrogen-bond acceptors (Lipinski definition) is 4. The summed E-state index contributed by atoms with van der Waals surface area (Å²) in [5.41, 5.74) is 6.93. The molecule has 1 rings (SSSR count). The minimum atomic E-state index is -0.428. The zero-order chi connectivity index (χ0) is 13.2. The lowest BCUT2D eigenvalue weighted by atomic mass is 10.1. The largest absolute Gasteiger partial charge is 0.464 e. The van der Waals surface area contributed by atoms with Crippen molar-refractivity contribution in [3.05, 3.63) is 11.3 Å². The summed E-state index contributed by atoms with van der Waals surface area (Å²) in [7, 11) is 1.35. The maximum atomic E-state index is 11.6. The van der Waals surface area contributed by atoms with Crippen molar-refractivity contribution in [2.45, 2.75) is 46.1 Å². The first-order valence-corrected chi connectivity index (χ1v) is 5.79. The van der Waals surface area contributed by atoms with Gasteiger partial charge < -0.3 is 10.5 Å². The summed E-state index contributed by atoms with van der Waals surface area (Å²) in [4.78, 5) is 11.6. The zero-order valence-corrected chi connectivity index (χ0v) is 11.2. The number of nitrogens with two attached hydrogens (primary N) is 1. The molecule has 1 aromatic rings. The van der Waals surface area contributed by atoms with Gasteiger partial charge in [0.25, 0.3) is 0 Å². The molecule has 17 heavy (non-hydrogen) atoms. The lowest BCUT2D eigenvalue weighted by Gasteiger charge is -2.20. The number of carbonyl (C=O) groups excluding carboxylic acids is 1. The van der Waals surface area contributed by atoms with Gasteiger partial charge in [0, 0.05) is 5.56 Å². The Morgan fingerprint density at radius 2 is 2.06 bits per heavy atom. The van der Waals surface area contributed by atoms with E-state index in [1.165, 1.54) is 7.11 Å². The molecule has 0 fully saturated rings. The molecule has 5 nitrogen and oxygen atoms in total. The fourth-order valence-electron chi connectivity index (χ4n) is 1.73. The lowest BCUT2D eigenvalue weighted by Crippen LogP contribution is -2.25. The molecule has 5 heteroatoms. The highest BCUT2D eigenvalue weighted by atomic mass is 16.5. The maximum Gasteiger partial charge on any atom is 0.358 e. The third-order valence-corrected chi connectivity index (χ3v) is 2.54. The molecule has 1 heterocycles. The predicted molar refractivity (Wildman–Crippen MR) is 67.0 cm³/mol. The fourth-order valence-corrected chi connectivity index (χ4v) is 1.73. The molecule has 0 atom stereocenters. The SMILES string of the molecule is CCCc1c(C(=O)OC)nn(C(C)(C)C)c1N. The summed E-state index contributed by atoms with van der Waals surface area (Å²) in [5.74, 6) is 0.128. The number of ether oxygens (including phenoxy) is 1. The number of aromatic nitrogens is 2. The molecule has 0 unspecified atom stereocenters. The topological polar surface area (TPSA) is 70.1 Å². The Balaban J connectivity index is 3.34. The fraction of sp³-hybridized carbons (Fsp3) is 0.667. The number of rotatable bonds is 3. The molecule has 0 aliphatic rings. The van der Waals surface area contributed by atoms with Crippen LogP contribution in [0.3, 0.4) is 0 Å². The van der Waals surface area contributed by atoms with E-state index in [4.69, 9.17) is 10.5 Å². The molecule has 1 aromatic heterocycles. The molecule has 96 valence electrons. The third kappa shape index (κ3) is 2.60. The Hall–Kier alpha value is -1.52. The first-order valence-electron chi connectivity index (χ1n) is 5.79. The number of methoxy groups -OCH3 is 1. The Labute approximate surface area is 102 Å². The Bertz CT molecular complexity index is 416. The molecule has 0 aromatic carbocycles. The second-order valence-electron chi connectivity index (χ2n) is 5.04. The van der Waals surface area contributed by atoms with E-state index in [1.54, 1.807) is 4.68 Å². The van der Waals surface area contributed by atoms with Crippen LogP contribution in [0.5, 0.6) is 0 Å². The molecule has 2 N–H and O–H groups in total. The average Bonchev–Trinajstić information content (AvgIpc) is 2.56. The summed E-state index contributed by atoms with van der Waals surface area (Å²) < 4.78 is 6.42. The van der Waals surface area contributed by atoms with E-state index in [2.05, 4.69) is 5.10 Å². The second kappa shape index (κ2) is 4.77. The van der Waals surface area contributed by atoms with E-state index in [-0.39, 0.29) is 5.54 Å². The predicted octanol–water partition coefficient (Wildman–Crippen LogP) is 1.96. The summed E-state index contributed by atoms with van der Waals surface area (Å²) in [6.45, 7) is 8.02. The molecular weight excluding hydrogens is 218 g/mol. The Morgan fingerprint density at radius 1 is 1.47 bits per heavy atom. The van der Waals surface area contributed by atoms with Crippen LogP contribution in [-0.2, 0) is 16.7 Å². The van der Waals surface area contributed by atoms with Gasteiger partial charge in [-0.1, -0.05) is 13.3 Å². The van der Waals surface area contributed by atoms with Gasteiger partial charge >= 0.3 is 5.97 Å². The summed E-state index contributed by atoms with van der Waals surface area (Å²) >= 11 is 0. The van der Waals surface area contributed by atoms with Crippen LogP contribution in [0, 0.1) is 0 Å². The minimum absolute atomic E-state index is 0.251. The van der Waals surface area contributed by atoms with Gasteiger partial charge in [0.15, 0.2) is 5.69 Å². The molecule has 0 aliphatic carbocycles. The van der Waals surface area contributed by atoms with Gasteiger partial charge in [0.1, 0.15) is 5.82 Å². The highest BCUT2D eigenvalue weighted by Crippen LogP contribution is 2.25. The van der Waals surface area contributed by atoms with Crippen LogP contribution in [0.25, 0.3) is 0 Å². The van der Waals surface area contributed by atoms with Gasteiger partial charge in [-0.3, -0.25) is 0 Å². The van der Waals surface area contributed by atoms with E-state index < -0.39 is 5.97 Å². The Kier molecular flexibility index (Phi) is 3.80. The van der Waals surface area contributed by atoms with Crippen LogP contribution in [-0.4, -0.2) is 22.9 Å². The molecule has 0 saturated carbocycles.